The summed E-state index contributed by atoms with van der Waals surface area (Å²) >= 11 is 5.86. The van der Waals surface area contributed by atoms with Gasteiger partial charge in [-0.15, -0.1) is 0 Å². The number of hydrogen-bond acceptors (Lipinski definition) is 2. The average Bonchev–Trinajstić information content (AvgIpc) is 2.33. The Morgan fingerprint density at radius 3 is 3.00 bits per heavy atom. The van der Waals surface area contributed by atoms with Gasteiger partial charge in [-0.3, -0.25) is 4.99 Å². The zero-order valence-electron chi connectivity index (χ0n) is 10.9. The summed E-state index contributed by atoms with van der Waals surface area (Å²) in [5, 5.41) is 3.71. The van der Waals surface area contributed by atoms with Gasteiger partial charge >= 0.3 is 0 Å². The number of guanidine groups is 1. The number of halogens is 1. The molecule has 1 saturated carbocycles. The Morgan fingerprint density at radius 1 is 1.47 bits per heavy atom. The van der Waals surface area contributed by atoms with E-state index in [9.17, 15) is 0 Å². The van der Waals surface area contributed by atoms with Crippen LogP contribution in [0.5, 0.6) is 5.75 Å². The lowest BCUT2D eigenvalue weighted by Crippen LogP contribution is -2.35. The third-order valence-electron chi connectivity index (χ3n) is 3.22. The largest absolute Gasteiger partial charge is 0.492 e. The Morgan fingerprint density at radius 2 is 2.32 bits per heavy atom. The standard InChI is InChI=1S/C14H20ClN3O/c15-12-5-2-6-13(9-12)19-8-7-17-14(16)18-10-11-3-1-4-11/h2,5-6,9,11H,1,3-4,7-8,10H2,(H3,16,17,18). The first kappa shape index (κ1) is 14.0. The smallest absolute Gasteiger partial charge is 0.188 e. The van der Waals surface area contributed by atoms with Crippen LogP contribution < -0.4 is 15.8 Å². The maximum Gasteiger partial charge on any atom is 0.188 e. The van der Waals surface area contributed by atoms with E-state index in [1.54, 1.807) is 6.07 Å². The van der Waals surface area contributed by atoms with Crippen molar-refractivity contribution in [2.24, 2.45) is 16.6 Å². The van der Waals surface area contributed by atoms with Crippen LogP contribution in [0.2, 0.25) is 5.02 Å². The van der Waals surface area contributed by atoms with Crippen LogP contribution in [0.15, 0.2) is 29.3 Å². The molecule has 19 heavy (non-hydrogen) atoms. The van der Waals surface area contributed by atoms with Crippen molar-refractivity contribution in [2.45, 2.75) is 19.3 Å². The van der Waals surface area contributed by atoms with Crippen LogP contribution in [0.25, 0.3) is 0 Å². The van der Waals surface area contributed by atoms with Crippen LogP contribution in [0.4, 0.5) is 0 Å². The second kappa shape index (κ2) is 7.24. The molecule has 0 aliphatic heterocycles. The number of aliphatic imine (C=N–C) groups is 1. The van der Waals surface area contributed by atoms with Gasteiger partial charge in [0.25, 0.3) is 0 Å². The molecule has 1 aromatic rings. The zero-order chi connectivity index (χ0) is 13.5. The fraction of sp³-hybridized carbons (Fsp3) is 0.500. The van der Waals surface area contributed by atoms with E-state index in [2.05, 4.69) is 10.3 Å². The summed E-state index contributed by atoms with van der Waals surface area (Å²) in [6, 6.07) is 7.34. The Hall–Kier alpha value is -1.42. The first-order valence-corrected chi connectivity index (χ1v) is 7.04. The molecule has 0 unspecified atom stereocenters. The highest BCUT2D eigenvalue weighted by atomic mass is 35.5. The Kier molecular flexibility index (Phi) is 5.33. The molecule has 2 rings (SSSR count). The van der Waals surface area contributed by atoms with E-state index < -0.39 is 0 Å². The second-order valence-electron chi connectivity index (χ2n) is 4.76. The molecular weight excluding hydrogens is 262 g/mol. The van der Waals surface area contributed by atoms with Crippen molar-refractivity contribution in [1.82, 2.24) is 5.32 Å². The molecule has 0 amide bonds. The maximum absolute atomic E-state index is 5.86. The topological polar surface area (TPSA) is 59.6 Å². The lowest BCUT2D eigenvalue weighted by molar-refractivity contribution is 0.320. The number of ether oxygens (including phenoxy) is 1. The summed E-state index contributed by atoms with van der Waals surface area (Å²) in [7, 11) is 0. The number of hydrogen-bond donors (Lipinski definition) is 2. The predicted octanol–water partition coefficient (Wildman–Crippen LogP) is 2.42. The van der Waals surface area contributed by atoms with Crippen molar-refractivity contribution in [3.05, 3.63) is 29.3 Å². The summed E-state index contributed by atoms with van der Waals surface area (Å²) in [6.07, 6.45) is 3.91. The molecule has 0 spiro atoms. The van der Waals surface area contributed by atoms with Gasteiger partial charge < -0.3 is 15.8 Å². The van der Waals surface area contributed by atoms with Gasteiger partial charge in [-0.1, -0.05) is 24.1 Å². The van der Waals surface area contributed by atoms with Gasteiger partial charge in [0.1, 0.15) is 12.4 Å². The quantitative estimate of drug-likeness (QED) is 0.478. The Balaban J connectivity index is 1.60. The monoisotopic (exact) mass is 281 g/mol. The molecule has 0 saturated heterocycles. The predicted molar refractivity (Wildman–Crippen MR) is 78.8 cm³/mol. The van der Waals surface area contributed by atoms with Gasteiger partial charge in [-0.25, -0.2) is 0 Å². The molecular formula is C14H20ClN3O. The number of benzene rings is 1. The van der Waals surface area contributed by atoms with Crippen LogP contribution in [0.3, 0.4) is 0 Å². The van der Waals surface area contributed by atoms with E-state index >= 15 is 0 Å². The molecule has 1 fully saturated rings. The van der Waals surface area contributed by atoms with E-state index in [0.29, 0.717) is 24.1 Å². The summed E-state index contributed by atoms with van der Waals surface area (Å²) in [5.41, 5.74) is 5.77. The first-order chi connectivity index (χ1) is 9.24. The van der Waals surface area contributed by atoms with Crippen molar-refractivity contribution >= 4 is 17.6 Å². The average molecular weight is 282 g/mol. The highest BCUT2D eigenvalue weighted by Gasteiger charge is 2.16. The van der Waals surface area contributed by atoms with Crippen LogP contribution in [-0.4, -0.2) is 25.7 Å². The molecule has 1 aliphatic carbocycles. The molecule has 0 aromatic heterocycles. The molecule has 3 N–H and O–H groups in total. The van der Waals surface area contributed by atoms with Gasteiger partial charge in [-0.05, 0) is 37.0 Å². The van der Waals surface area contributed by atoms with E-state index in [1.807, 2.05) is 18.2 Å². The zero-order valence-corrected chi connectivity index (χ0v) is 11.7. The molecule has 0 bridgehead atoms. The third kappa shape index (κ3) is 4.99. The van der Waals surface area contributed by atoms with Gasteiger partial charge in [-0.2, -0.15) is 0 Å². The summed E-state index contributed by atoms with van der Waals surface area (Å²) in [4.78, 5) is 4.31. The molecule has 1 aliphatic rings. The van der Waals surface area contributed by atoms with Crippen LogP contribution in [-0.2, 0) is 0 Å². The van der Waals surface area contributed by atoms with Gasteiger partial charge in [0.2, 0.25) is 0 Å². The lowest BCUT2D eigenvalue weighted by Gasteiger charge is -2.23. The van der Waals surface area contributed by atoms with Crippen LogP contribution in [0, 0.1) is 5.92 Å². The molecule has 0 heterocycles. The van der Waals surface area contributed by atoms with Crippen molar-refractivity contribution in [3.8, 4) is 5.75 Å². The number of nitrogens with two attached hydrogens (primary N) is 1. The summed E-state index contributed by atoms with van der Waals surface area (Å²) in [5.74, 6) is 2.00. The highest BCUT2D eigenvalue weighted by Crippen LogP contribution is 2.26. The number of nitrogens with one attached hydrogen (secondary N) is 1. The van der Waals surface area contributed by atoms with Crippen molar-refractivity contribution in [2.75, 3.05) is 19.7 Å². The molecule has 104 valence electrons. The normalized spacial score (nSPS) is 15.9. The minimum Gasteiger partial charge on any atom is -0.492 e. The molecule has 5 heteroatoms. The number of rotatable bonds is 6. The highest BCUT2D eigenvalue weighted by molar-refractivity contribution is 6.30. The third-order valence-corrected chi connectivity index (χ3v) is 3.45. The van der Waals surface area contributed by atoms with E-state index in [0.717, 1.165) is 18.2 Å². The van der Waals surface area contributed by atoms with Gasteiger partial charge in [0.15, 0.2) is 5.96 Å². The minimum absolute atomic E-state index is 0.501. The van der Waals surface area contributed by atoms with Crippen LogP contribution in [0.1, 0.15) is 19.3 Å². The minimum atomic E-state index is 0.501. The van der Waals surface area contributed by atoms with E-state index in [1.165, 1.54) is 19.3 Å². The first-order valence-electron chi connectivity index (χ1n) is 6.66. The maximum atomic E-state index is 5.86. The fourth-order valence-electron chi connectivity index (χ4n) is 1.86. The Bertz CT molecular complexity index is 432. The van der Waals surface area contributed by atoms with E-state index in [-0.39, 0.29) is 0 Å². The van der Waals surface area contributed by atoms with Crippen LogP contribution >= 0.6 is 11.6 Å². The van der Waals surface area contributed by atoms with Gasteiger partial charge in [0, 0.05) is 11.6 Å². The number of nitrogens with zero attached hydrogens (tertiary/aromatic N) is 1. The summed E-state index contributed by atoms with van der Waals surface area (Å²) < 4.78 is 5.54. The SMILES string of the molecule is NC(=NCC1CCC1)NCCOc1cccc(Cl)c1. The molecule has 1 aromatic carbocycles. The Labute approximate surface area is 119 Å². The van der Waals surface area contributed by atoms with Gasteiger partial charge in [0.05, 0.1) is 6.54 Å². The van der Waals surface area contributed by atoms with E-state index in [4.69, 9.17) is 22.1 Å². The molecule has 0 radical (unpaired) electrons. The summed E-state index contributed by atoms with van der Waals surface area (Å²) in [6.45, 7) is 2.00. The van der Waals surface area contributed by atoms with Crippen molar-refractivity contribution < 1.29 is 4.74 Å². The van der Waals surface area contributed by atoms with Crippen molar-refractivity contribution in [1.29, 1.82) is 0 Å². The fourth-order valence-corrected chi connectivity index (χ4v) is 2.04. The lowest BCUT2D eigenvalue weighted by atomic mass is 9.86. The molecule has 4 nitrogen and oxygen atoms in total. The second-order valence-corrected chi connectivity index (χ2v) is 5.19. The molecule has 0 atom stereocenters. The van der Waals surface area contributed by atoms with Crippen molar-refractivity contribution in [3.63, 3.8) is 0 Å².